The third-order valence-corrected chi connectivity index (χ3v) is 4.19. The number of carbonyl (C=O) groups is 1. The first kappa shape index (κ1) is 15.4. The van der Waals surface area contributed by atoms with Crippen LogP contribution in [-0.2, 0) is 9.84 Å². The highest BCUT2D eigenvalue weighted by Gasteiger charge is 2.19. The molecule has 0 unspecified atom stereocenters. The molecule has 1 rings (SSSR count). The van der Waals surface area contributed by atoms with Gasteiger partial charge in [0.2, 0.25) is 0 Å². The molecule has 19 heavy (non-hydrogen) atoms. The van der Waals surface area contributed by atoms with Gasteiger partial charge in [0, 0.05) is 12.3 Å². The van der Waals surface area contributed by atoms with E-state index in [1.54, 1.807) is 0 Å². The summed E-state index contributed by atoms with van der Waals surface area (Å²) in [6, 6.07) is 1.87. The fraction of sp³-hybridized carbons (Fsp3) is 0.364. The summed E-state index contributed by atoms with van der Waals surface area (Å²) in [5.74, 6) is -3.60. The van der Waals surface area contributed by atoms with Gasteiger partial charge in [-0.25, -0.2) is 17.2 Å². The molecule has 0 atom stereocenters. The van der Waals surface area contributed by atoms with Gasteiger partial charge in [0.1, 0.15) is 11.4 Å². The second-order valence-corrected chi connectivity index (χ2v) is 6.29. The molecule has 0 aliphatic heterocycles. The summed E-state index contributed by atoms with van der Waals surface area (Å²) < 4.78 is 49.2. The lowest BCUT2D eigenvalue weighted by Crippen LogP contribution is -2.31. The molecule has 0 spiro atoms. The Morgan fingerprint density at radius 2 is 2.00 bits per heavy atom. The van der Waals surface area contributed by atoms with E-state index in [0.717, 1.165) is 12.1 Å². The second kappa shape index (κ2) is 5.96. The van der Waals surface area contributed by atoms with Crippen molar-refractivity contribution in [3.05, 3.63) is 29.3 Å². The van der Waals surface area contributed by atoms with Crippen LogP contribution >= 0.6 is 0 Å². The van der Waals surface area contributed by atoms with Crippen LogP contribution in [0.15, 0.2) is 12.1 Å². The summed E-state index contributed by atoms with van der Waals surface area (Å²) in [7, 11) is -3.25. The maximum atomic E-state index is 13.5. The Hall–Kier alpha value is -1.70. The molecule has 1 amide bonds. The Morgan fingerprint density at radius 1 is 1.37 bits per heavy atom. The summed E-state index contributed by atoms with van der Waals surface area (Å²) in [6.07, 6.45) is 0. The lowest BCUT2D eigenvalue weighted by atomic mass is 10.1. The number of sulfone groups is 1. The van der Waals surface area contributed by atoms with Crippen LogP contribution in [0.1, 0.15) is 17.3 Å². The van der Waals surface area contributed by atoms with Crippen LogP contribution in [0.5, 0.6) is 0 Å². The summed E-state index contributed by atoms with van der Waals surface area (Å²) in [4.78, 5) is 11.6. The Balaban J connectivity index is 2.78. The Kier molecular flexibility index (Phi) is 4.82. The third kappa shape index (κ3) is 3.88. The molecule has 0 aromatic heterocycles. The molecular weight excluding hydrogens is 278 g/mol. The maximum Gasteiger partial charge on any atom is 0.257 e. The average Bonchev–Trinajstić information content (AvgIpc) is 2.34. The summed E-state index contributed by atoms with van der Waals surface area (Å²) >= 11 is 0. The first-order valence-electron chi connectivity index (χ1n) is 5.50. The van der Waals surface area contributed by atoms with E-state index in [-0.39, 0.29) is 23.7 Å². The van der Waals surface area contributed by atoms with Crippen LogP contribution in [0.2, 0.25) is 0 Å². The zero-order valence-corrected chi connectivity index (χ0v) is 11.1. The lowest BCUT2D eigenvalue weighted by Gasteiger charge is -2.08. The molecule has 8 heteroatoms. The first-order chi connectivity index (χ1) is 8.78. The number of anilines is 1. The van der Waals surface area contributed by atoms with Crippen molar-refractivity contribution in [2.45, 2.75) is 6.92 Å². The number of nitrogens with one attached hydrogen (secondary N) is 1. The van der Waals surface area contributed by atoms with Gasteiger partial charge in [-0.05, 0) is 12.1 Å². The third-order valence-electron chi connectivity index (χ3n) is 2.49. The molecule has 5 nitrogen and oxygen atoms in total. The van der Waals surface area contributed by atoms with Crippen molar-refractivity contribution in [2.24, 2.45) is 0 Å². The zero-order valence-electron chi connectivity index (χ0n) is 10.2. The van der Waals surface area contributed by atoms with Crippen LogP contribution in [0.4, 0.5) is 14.5 Å². The molecule has 0 radical (unpaired) electrons. The summed E-state index contributed by atoms with van der Waals surface area (Å²) in [5.41, 5.74) is 4.06. The number of halogens is 2. The number of hydrogen-bond donors (Lipinski definition) is 2. The zero-order chi connectivity index (χ0) is 14.6. The van der Waals surface area contributed by atoms with Crippen molar-refractivity contribution >= 4 is 21.4 Å². The van der Waals surface area contributed by atoms with Crippen molar-refractivity contribution in [3.8, 4) is 0 Å². The van der Waals surface area contributed by atoms with Crippen LogP contribution in [0.3, 0.4) is 0 Å². The minimum absolute atomic E-state index is 0.0656. The topological polar surface area (TPSA) is 89.3 Å². The van der Waals surface area contributed by atoms with Crippen molar-refractivity contribution in [2.75, 3.05) is 23.8 Å². The molecule has 0 saturated heterocycles. The number of rotatable bonds is 5. The molecule has 0 saturated carbocycles. The van der Waals surface area contributed by atoms with Crippen LogP contribution in [-0.4, -0.2) is 32.4 Å². The lowest BCUT2D eigenvalue weighted by molar-refractivity contribution is 0.0948. The highest BCUT2D eigenvalue weighted by Crippen LogP contribution is 2.18. The molecule has 0 aliphatic rings. The van der Waals surface area contributed by atoms with E-state index in [4.69, 9.17) is 5.73 Å². The Labute approximate surface area is 109 Å². The van der Waals surface area contributed by atoms with Gasteiger partial charge in [-0.3, -0.25) is 4.79 Å². The summed E-state index contributed by atoms with van der Waals surface area (Å²) in [6.45, 7) is 1.25. The molecule has 0 bridgehead atoms. The van der Waals surface area contributed by atoms with E-state index in [2.05, 4.69) is 5.32 Å². The van der Waals surface area contributed by atoms with Crippen LogP contribution < -0.4 is 11.1 Å². The van der Waals surface area contributed by atoms with E-state index < -0.39 is 32.9 Å². The van der Waals surface area contributed by atoms with Gasteiger partial charge in [0.05, 0.1) is 11.4 Å². The largest absolute Gasteiger partial charge is 0.396 e. The van der Waals surface area contributed by atoms with E-state index in [1.807, 2.05) is 0 Å². The van der Waals surface area contributed by atoms with E-state index in [9.17, 15) is 22.0 Å². The molecule has 0 heterocycles. The van der Waals surface area contributed by atoms with Gasteiger partial charge in [-0.1, -0.05) is 6.92 Å². The molecular formula is C11H14F2N2O3S. The number of hydrogen-bond acceptors (Lipinski definition) is 4. The summed E-state index contributed by atoms with van der Waals surface area (Å²) in [5, 5.41) is 2.14. The molecule has 0 fully saturated rings. The predicted octanol–water partition coefficient (Wildman–Crippen LogP) is 0.712. The number of nitrogens with two attached hydrogens (primary N) is 1. The highest BCUT2D eigenvalue weighted by atomic mass is 32.2. The van der Waals surface area contributed by atoms with E-state index in [0.29, 0.717) is 0 Å². The standard InChI is InChI=1S/C11H14F2N2O3S/c1-2-19(17,18)6-5-15-11(16)9-7(12)3-4-8(14)10(9)13/h3-4H,2,5-6,14H2,1H3,(H,15,16). The SMILES string of the molecule is CCS(=O)(=O)CCNC(=O)c1c(F)ccc(N)c1F. The van der Waals surface area contributed by atoms with Gasteiger partial charge in [0.25, 0.3) is 5.91 Å². The van der Waals surface area contributed by atoms with Gasteiger partial charge in [-0.15, -0.1) is 0 Å². The number of nitrogen functional groups attached to an aromatic ring is 1. The fourth-order valence-electron chi connectivity index (χ4n) is 1.33. The normalized spacial score (nSPS) is 11.3. The van der Waals surface area contributed by atoms with Gasteiger partial charge in [0.15, 0.2) is 15.7 Å². The van der Waals surface area contributed by atoms with Crippen molar-refractivity contribution < 1.29 is 22.0 Å². The Morgan fingerprint density at radius 3 is 2.58 bits per heavy atom. The molecule has 1 aromatic rings. The molecule has 1 aromatic carbocycles. The van der Waals surface area contributed by atoms with Crippen LogP contribution in [0.25, 0.3) is 0 Å². The number of amides is 1. The average molecular weight is 292 g/mol. The van der Waals surface area contributed by atoms with Crippen molar-refractivity contribution in [1.29, 1.82) is 0 Å². The first-order valence-corrected chi connectivity index (χ1v) is 7.32. The van der Waals surface area contributed by atoms with Crippen LogP contribution in [0, 0.1) is 11.6 Å². The van der Waals surface area contributed by atoms with Crippen molar-refractivity contribution in [1.82, 2.24) is 5.32 Å². The van der Waals surface area contributed by atoms with Crippen molar-refractivity contribution in [3.63, 3.8) is 0 Å². The number of carbonyl (C=O) groups excluding carboxylic acids is 1. The fourth-order valence-corrected chi connectivity index (χ4v) is 2.03. The van der Waals surface area contributed by atoms with E-state index in [1.165, 1.54) is 6.92 Å². The number of benzene rings is 1. The van der Waals surface area contributed by atoms with Gasteiger partial charge >= 0.3 is 0 Å². The Bertz CT molecular complexity index is 588. The quantitative estimate of drug-likeness (QED) is 0.782. The molecule has 0 aliphatic carbocycles. The minimum atomic E-state index is -3.25. The van der Waals surface area contributed by atoms with Gasteiger partial charge < -0.3 is 11.1 Å². The highest BCUT2D eigenvalue weighted by molar-refractivity contribution is 7.91. The maximum absolute atomic E-state index is 13.5. The van der Waals surface area contributed by atoms with Gasteiger partial charge in [-0.2, -0.15) is 0 Å². The molecule has 106 valence electrons. The molecule has 3 N–H and O–H groups in total. The monoisotopic (exact) mass is 292 g/mol. The van der Waals surface area contributed by atoms with E-state index >= 15 is 0 Å². The predicted molar refractivity (Wildman–Crippen MR) is 67.4 cm³/mol. The smallest absolute Gasteiger partial charge is 0.257 e. The minimum Gasteiger partial charge on any atom is -0.396 e. The second-order valence-electron chi connectivity index (χ2n) is 3.82.